The molecule has 0 radical (unpaired) electrons. The highest BCUT2D eigenvalue weighted by Gasteiger charge is 2.34. The number of likely N-dealkylation sites (N-methyl/N-ethyl adjacent to an activating group) is 1. The zero-order valence-corrected chi connectivity index (χ0v) is 10.6. The predicted octanol–water partition coefficient (Wildman–Crippen LogP) is 1.49. The minimum atomic E-state index is -0.0521. The average molecular weight is 212 g/mol. The summed E-state index contributed by atoms with van der Waals surface area (Å²) in [5.41, 5.74) is 0.317. The zero-order chi connectivity index (χ0) is 11.6. The van der Waals surface area contributed by atoms with E-state index in [0.29, 0.717) is 11.3 Å². The first-order chi connectivity index (χ1) is 6.86. The Morgan fingerprint density at radius 1 is 1.47 bits per heavy atom. The van der Waals surface area contributed by atoms with E-state index in [1.807, 2.05) is 18.9 Å². The molecule has 0 aromatic heterocycles. The molecule has 1 rings (SSSR count). The maximum absolute atomic E-state index is 11.9. The van der Waals surface area contributed by atoms with Crippen molar-refractivity contribution in [2.45, 2.75) is 40.2 Å². The van der Waals surface area contributed by atoms with Crippen LogP contribution in [0.4, 0.5) is 0 Å². The molecule has 2 unspecified atom stereocenters. The van der Waals surface area contributed by atoms with E-state index in [-0.39, 0.29) is 11.9 Å². The molecule has 0 saturated carbocycles. The third-order valence-electron chi connectivity index (χ3n) is 3.53. The van der Waals surface area contributed by atoms with E-state index >= 15 is 0 Å². The lowest BCUT2D eigenvalue weighted by atomic mass is 9.80. The lowest BCUT2D eigenvalue weighted by Gasteiger charge is -2.27. The second-order valence-electron chi connectivity index (χ2n) is 5.65. The third kappa shape index (κ3) is 2.94. The second-order valence-corrected chi connectivity index (χ2v) is 5.65. The van der Waals surface area contributed by atoms with E-state index in [4.69, 9.17) is 0 Å². The van der Waals surface area contributed by atoms with E-state index < -0.39 is 0 Å². The standard InChI is InChI=1S/C12H24N2O/c1-9(13-5)11(15)14-7-6-10(8-14)12(2,3)4/h9-10,13H,6-8H2,1-5H3. The maximum atomic E-state index is 11.9. The van der Waals surface area contributed by atoms with Crippen LogP contribution in [0.1, 0.15) is 34.1 Å². The topological polar surface area (TPSA) is 32.3 Å². The van der Waals surface area contributed by atoms with Gasteiger partial charge < -0.3 is 10.2 Å². The average Bonchev–Trinajstić information content (AvgIpc) is 2.63. The summed E-state index contributed by atoms with van der Waals surface area (Å²) in [6.07, 6.45) is 1.14. The molecule has 0 bridgehead atoms. The predicted molar refractivity (Wildman–Crippen MR) is 62.7 cm³/mol. The minimum absolute atomic E-state index is 0.0521. The molecule has 0 aromatic carbocycles. The smallest absolute Gasteiger partial charge is 0.239 e. The van der Waals surface area contributed by atoms with Crippen molar-refractivity contribution in [2.24, 2.45) is 11.3 Å². The fraction of sp³-hybridized carbons (Fsp3) is 0.917. The summed E-state index contributed by atoms with van der Waals surface area (Å²) in [7, 11) is 1.83. The van der Waals surface area contributed by atoms with Crippen LogP contribution >= 0.6 is 0 Å². The van der Waals surface area contributed by atoms with Crippen molar-refractivity contribution in [1.82, 2.24) is 10.2 Å². The van der Waals surface area contributed by atoms with Crippen LogP contribution in [0.3, 0.4) is 0 Å². The van der Waals surface area contributed by atoms with Crippen LogP contribution in [-0.4, -0.2) is 37.0 Å². The molecule has 1 aliphatic rings. The van der Waals surface area contributed by atoms with E-state index in [2.05, 4.69) is 26.1 Å². The fourth-order valence-corrected chi connectivity index (χ4v) is 2.06. The number of nitrogens with one attached hydrogen (secondary N) is 1. The summed E-state index contributed by atoms with van der Waals surface area (Å²) < 4.78 is 0. The molecule has 1 amide bonds. The van der Waals surface area contributed by atoms with Crippen LogP contribution in [0.25, 0.3) is 0 Å². The Morgan fingerprint density at radius 2 is 2.07 bits per heavy atom. The first-order valence-corrected chi connectivity index (χ1v) is 5.82. The summed E-state index contributed by atoms with van der Waals surface area (Å²) in [6.45, 7) is 10.5. The van der Waals surface area contributed by atoms with Gasteiger partial charge >= 0.3 is 0 Å². The number of amides is 1. The fourth-order valence-electron chi connectivity index (χ4n) is 2.06. The van der Waals surface area contributed by atoms with Crippen molar-refractivity contribution in [1.29, 1.82) is 0 Å². The normalized spacial score (nSPS) is 24.3. The molecule has 15 heavy (non-hydrogen) atoms. The van der Waals surface area contributed by atoms with Gasteiger partial charge in [0, 0.05) is 13.1 Å². The lowest BCUT2D eigenvalue weighted by molar-refractivity contribution is -0.132. The Morgan fingerprint density at radius 3 is 2.47 bits per heavy atom. The van der Waals surface area contributed by atoms with Crippen molar-refractivity contribution in [3.63, 3.8) is 0 Å². The van der Waals surface area contributed by atoms with Gasteiger partial charge in [0.05, 0.1) is 6.04 Å². The molecule has 1 heterocycles. The molecule has 2 atom stereocenters. The van der Waals surface area contributed by atoms with E-state index in [1.54, 1.807) is 0 Å². The molecule has 0 spiro atoms. The first kappa shape index (κ1) is 12.5. The van der Waals surface area contributed by atoms with Gasteiger partial charge in [0.1, 0.15) is 0 Å². The highest BCUT2D eigenvalue weighted by atomic mass is 16.2. The van der Waals surface area contributed by atoms with Crippen molar-refractivity contribution in [3.8, 4) is 0 Å². The van der Waals surface area contributed by atoms with Gasteiger partial charge in [-0.2, -0.15) is 0 Å². The molecule has 3 nitrogen and oxygen atoms in total. The van der Waals surface area contributed by atoms with Gasteiger partial charge in [0.15, 0.2) is 0 Å². The van der Waals surface area contributed by atoms with Crippen LogP contribution in [0, 0.1) is 11.3 Å². The largest absolute Gasteiger partial charge is 0.341 e. The molecular weight excluding hydrogens is 188 g/mol. The number of carbonyl (C=O) groups excluding carboxylic acids is 1. The molecule has 1 aliphatic heterocycles. The van der Waals surface area contributed by atoms with E-state index in [0.717, 1.165) is 19.5 Å². The molecule has 0 aliphatic carbocycles. The van der Waals surface area contributed by atoms with Crippen LogP contribution in [0.5, 0.6) is 0 Å². The van der Waals surface area contributed by atoms with E-state index in [1.165, 1.54) is 0 Å². The zero-order valence-electron chi connectivity index (χ0n) is 10.6. The summed E-state index contributed by atoms with van der Waals surface area (Å²) in [5, 5.41) is 3.00. The number of rotatable bonds is 2. The molecule has 1 saturated heterocycles. The number of hydrogen-bond donors (Lipinski definition) is 1. The van der Waals surface area contributed by atoms with E-state index in [9.17, 15) is 4.79 Å². The van der Waals surface area contributed by atoms with Gasteiger partial charge in [-0.25, -0.2) is 0 Å². The Balaban J connectivity index is 2.53. The molecule has 3 heteroatoms. The Bertz CT molecular complexity index is 232. The molecular formula is C12H24N2O. The monoisotopic (exact) mass is 212 g/mol. The van der Waals surface area contributed by atoms with Crippen LogP contribution in [0.15, 0.2) is 0 Å². The quantitative estimate of drug-likeness (QED) is 0.752. The van der Waals surface area contributed by atoms with Crippen molar-refractivity contribution in [3.05, 3.63) is 0 Å². The summed E-state index contributed by atoms with van der Waals surface area (Å²) in [6, 6.07) is -0.0521. The first-order valence-electron chi connectivity index (χ1n) is 5.82. The number of nitrogens with zero attached hydrogens (tertiary/aromatic N) is 1. The molecule has 88 valence electrons. The van der Waals surface area contributed by atoms with Crippen molar-refractivity contribution >= 4 is 5.91 Å². The van der Waals surface area contributed by atoms with Crippen LogP contribution in [0.2, 0.25) is 0 Å². The lowest BCUT2D eigenvalue weighted by Crippen LogP contribution is -2.42. The van der Waals surface area contributed by atoms with Gasteiger partial charge in [0.2, 0.25) is 5.91 Å². The van der Waals surface area contributed by atoms with Crippen LogP contribution < -0.4 is 5.32 Å². The van der Waals surface area contributed by atoms with Crippen LogP contribution in [-0.2, 0) is 4.79 Å². The van der Waals surface area contributed by atoms with Gasteiger partial charge in [-0.1, -0.05) is 20.8 Å². The van der Waals surface area contributed by atoms with Gasteiger partial charge in [-0.3, -0.25) is 4.79 Å². The summed E-state index contributed by atoms with van der Waals surface area (Å²) in [4.78, 5) is 13.9. The Kier molecular flexibility index (Phi) is 3.77. The van der Waals surface area contributed by atoms with Gasteiger partial charge in [-0.15, -0.1) is 0 Å². The van der Waals surface area contributed by atoms with Crippen molar-refractivity contribution < 1.29 is 4.79 Å². The number of carbonyl (C=O) groups is 1. The maximum Gasteiger partial charge on any atom is 0.239 e. The minimum Gasteiger partial charge on any atom is -0.341 e. The number of likely N-dealkylation sites (tertiary alicyclic amines) is 1. The molecule has 1 fully saturated rings. The SMILES string of the molecule is CNC(C)C(=O)N1CCC(C(C)(C)C)C1. The highest BCUT2D eigenvalue weighted by Crippen LogP contribution is 2.33. The van der Waals surface area contributed by atoms with Gasteiger partial charge in [-0.05, 0) is 31.7 Å². The highest BCUT2D eigenvalue weighted by molar-refractivity contribution is 5.81. The Hall–Kier alpha value is -0.570. The number of hydrogen-bond acceptors (Lipinski definition) is 2. The molecule has 1 N–H and O–H groups in total. The Labute approximate surface area is 93.2 Å². The molecule has 0 aromatic rings. The van der Waals surface area contributed by atoms with Crippen molar-refractivity contribution in [2.75, 3.05) is 20.1 Å². The third-order valence-corrected chi connectivity index (χ3v) is 3.53. The summed E-state index contributed by atoms with van der Waals surface area (Å²) >= 11 is 0. The summed E-state index contributed by atoms with van der Waals surface area (Å²) in [5.74, 6) is 0.884. The second kappa shape index (κ2) is 4.52. The van der Waals surface area contributed by atoms with Gasteiger partial charge in [0.25, 0.3) is 0 Å².